The Morgan fingerprint density at radius 2 is 2.19 bits per heavy atom. The zero-order valence-corrected chi connectivity index (χ0v) is 9.90. The second-order valence-electron chi connectivity index (χ2n) is 3.82. The molecule has 0 aliphatic carbocycles. The molecule has 5 heteroatoms. The largest absolute Gasteiger partial charge is 0.466 e. The van der Waals surface area contributed by atoms with Crippen molar-refractivity contribution in [2.75, 3.05) is 26.4 Å². The van der Waals surface area contributed by atoms with Crippen molar-refractivity contribution in [1.29, 1.82) is 0 Å². The highest BCUT2D eigenvalue weighted by Gasteiger charge is 2.23. The SMILES string of the molecule is CCOC(=O)CCC(=O)N1CCOC[C@H]1C. The van der Waals surface area contributed by atoms with E-state index in [1.807, 2.05) is 6.92 Å². The van der Waals surface area contributed by atoms with Crippen molar-refractivity contribution in [2.24, 2.45) is 0 Å². The van der Waals surface area contributed by atoms with E-state index in [0.29, 0.717) is 26.4 Å². The molecule has 0 unspecified atom stereocenters. The fourth-order valence-electron chi connectivity index (χ4n) is 1.68. The molecule has 0 saturated carbocycles. The smallest absolute Gasteiger partial charge is 0.306 e. The Bertz CT molecular complexity index is 254. The molecule has 5 nitrogen and oxygen atoms in total. The van der Waals surface area contributed by atoms with E-state index in [1.54, 1.807) is 11.8 Å². The lowest BCUT2D eigenvalue weighted by atomic mass is 10.2. The average molecular weight is 229 g/mol. The van der Waals surface area contributed by atoms with E-state index < -0.39 is 0 Å². The molecule has 1 fully saturated rings. The molecule has 1 aliphatic heterocycles. The minimum atomic E-state index is -0.309. The van der Waals surface area contributed by atoms with E-state index in [9.17, 15) is 9.59 Å². The van der Waals surface area contributed by atoms with E-state index >= 15 is 0 Å². The van der Waals surface area contributed by atoms with Crippen LogP contribution < -0.4 is 0 Å². The molecule has 0 aromatic carbocycles. The standard InChI is InChI=1S/C11H19NO4/c1-3-16-11(14)5-4-10(13)12-6-7-15-8-9(12)2/h9H,3-8H2,1-2H3/t9-/m1/s1. The number of morpholine rings is 1. The van der Waals surface area contributed by atoms with Gasteiger partial charge in [0.05, 0.1) is 32.3 Å². The summed E-state index contributed by atoms with van der Waals surface area (Å²) in [4.78, 5) is 24.6. The second kappa shape index (κ2) is 6.48. The van der Waals surface area contributed by atoms with Crippen molar-refractivity contribution in [3.63, 3.8) is 0 Å². The topological polar surface area (TPSA) is 55.8 Å². The van der Waals surface area contributed by atoms with Gasteiger partial charge < -0.3 is 14.4 Å². The van der Waals surface area contributed by atoms with Crippen molar-refractivity contribution >= 4 is 11.9 Å². The molecule has 16 heavy (non-hydrogen) atoms. The zero-order valence-electron chi connectivity index (χ0n) is 9.90. The maximum absolute atomic E-state index is 11.8. The van der Waals surface area contributed by atoms with Crippen LogP contribution in [0.4, 0.5) is 0 Å². The van der Waals surface area contributed by atoms with E-state index in [4.69, 9.17) is 9.47 Å². The van der Waals surface area contributed by atoms with Gasteiger partial charge in [0, 0.05) is 13.0 Å². The lowest BCUT2D eigenvalue weighted by molar-refractivity contribution is -0.147. The quantitative estimate of drug-likeness (QED) is 0.662. The number of nitrogens with zero attached hydrogens (tertiary/aromatic N) is 1. The fraction of sp³-hybridized carbons (Fsp3) is 0.818. The Hall–Kier alpha value is -1.10. The molecular formula is C11H19NO4. The van der Waals surface area contributed by atoms with Gasteiger partial charge in [0.15, 0.2) is 0 Å². The molecule has 0 radical (unpaired) electrons. The molecule has 1 heterocycles. The number of carbonyl (C=O) groups is 2. The van der Waals surface area contributed by atoms with Crippen LogP contribution in [0, 0.1) is 0 Å². The number of carbonyl (C=O) groups excluding carboxylic acids is 2. The first-order valence-corrected chi connectivity index (χ1v) is 5.68. The summed E-state index contributed by atoms with van der Waals surface area (Å²) in [5.74, 6) is -0.305. The highest BCUT2D eigenvalue weighted by Crippen LogP contribution is 2.09. The molecule has 1 aliphatic rings. The van der Waals surface area contributed by atoms with Crippen LogP contribution in [0.3, 0.4) is 0 Å². The van der Waals surface area contributed by atoms with Gasteiger partial charge in [-0.1, -0.05) is 0 Å². The van der Waals surface area contributed by atoms with Crippen LogP contribution >= 0.6 is 0 Å². The molecule has 1 rings (SSSR count). The van der Waals surface area contributed by atoms with Gasteiger partial charge in [0.25, 0.3) is 0 Å². The van der Waals surface area contributed by atoms with Crippen LogP contribution in [0.1, 0.15) is 26.7 Å². The van der Waals surface area contributed by atoms with Crippen molar-refractivity contribution in [2.45, 2.75) is 32.7 Å². The monoisotopic (exact) mass is 229 g/mol. The van der Waals surface area contributed by atoms with Gasteiger partial charge >= 0.3 is 5.97 Å². The molecule has 1 saturated heterocycles. The summed E-state index contributed by atoms with van der Waals surface area (Å²) in [6.45, 7) is 5.83. The van der Waals surface area contributed by atoms with E-state index in [0.717, 1.165) is 0 Å². The van der Waals surface area contributed by atoms with Gasteiger partial charge in [0.1, 0.15) is 0 Å². The van der Waals surface area contributed by atoms with Gasteiger partial charge in [-0.25, -0.2) is 0 Å². The van der Waals surface area contributed by atoms with Crippen LogP contribution in [0.15, 0.2) is 0 Å². The minimum Gasteiger partial charge on any atom is -0.466 e. The Labute approximate surface area is 95.7 Å². The van der Waals surface area contributed by atoms with E-state index in [1.165, 1.54) is 0 Å². The average Bonchev–Trinajstić information content (AvgIpc) is 2.27. The Balaban J connectivity index is 2.31. The highest BCUT2D eigenvalue weighted by atomic mass is 16.5. The molecule has 0 aromatic heterocycles. The maximum Gasteiger partial charge on any atom is 0.306 e. The minimum absolute atomic E-state index is 0.00357. The third-order valence-corrected chi connectivity index (χ3v) is 2.54. The zero-order chi connectivity index (χ0) is 12.0. The summed E-state index contributed by atoms with van der Waals surface area (Å²) >= 11 is 0. The number of ether oxygens (including phenoxy) is 2. The summed E-state index contributed by atoms with van der Waals surface area (Å²) in [6.07, 6.45) is 0.389. The van der Waals surface area contributed by atoms with Crippen LogP contribution in [0.2, 0.25) is 0 Å². The summed E-state index contributed by atoms with van der Waals surface area (Å²) in [5.41, 5.74) is 0. The normalized spacial score (nSPS) is 20.6. The maximum atomic E-state index is 11.8. The van der Waals surface area contributed by atoms with Gasteiger partial charge in [-0.3, -0.25) is 9.59 Å². The van der Waals surface area contributed by atoms with Crippen molar-refractivity contribution in [3.8, 4) is 0 Å². The van der Waals surface area contributed by atoms with Gasteiger partial charge in [0.2, 0.25) is 5.91 Å². The lowest BCUT2D eigenvalue weighted by Gasteiger charge is -2.33. The molecular weight excluding hydrogens is 210 g/mol. The van der Waals surface area contributed by atoms with Gasteiger partial charge in [-0.2, -0.15) is 0 Å². The summed E-state index contributed by atoms with van der Waals surface area (Å²) < 4.78 is 10.0. The Morgan fingerprint density at radius 1 is 1.44 bits per heavy atom. The first-order chi connectivity index (χ1) is 7.65. The van der Waals surface area contributed by atoms with Crippen LogP contribution in [0.25, 0.3) is 0 Å². The molecule has 0 bridgehead atoms. The highest BCUT2D eigenvalue weighted by molar-refractivity contribution is 5.81. The Kier molecular flexibility index (Phi) is 5.25. The predicted octanol–water partition coefficient (Wildman–Crippen LogP) is 0.577. The third kappa shape index (κ3) is 3.81. The van der Waals surface area contributed by atoms with Crippen LogP contribution in [-0.4, -0.2) is 49.2 Å². The molecule has 92 valence electrons. The van der Waals surface area contributed by atoms with Crippen molar-refractivity contribution < 1.29 is 19.1 Å². The van der Waals surface area contributed by atoms with Crippen LogP contribution in [-0.2, 0) is 19.1 Å². The summed E-state index contributed by atoms with van der Waals surface area (Å²) in [7, 11) is 0. The molecule has 1 amide bonds. The molecule has 0 spiro atoms. The first kappa shape index (κ1) is 13.0. The lowest BCUT2D eigenvalue weighted by Crippen LogP contribution is -2.47. The van der Waals surface area contributed by atoms with Crippen LogP contribution in [0.5, 0.6) is 0 Å². The number of esters is 1. The summed E-state index contributed by atoms with van der Waals surface area (Å²) in [5, 5.41) is 0. The number of amides is 1. The second-order valence-corrected chi connectivity index (χ2v) is 3.82. The summed E-state index contributed by atoms with van der Waals surface area (Å²) in [6, 6.07) is 0.100. The number of rotatable bonds is 4. The first-order valence-electron chi connectivity index (χ1n) is 5.68. The number of hydrogen-bond acceptors (Lipinski definition) is 4. The third-order valence-electron chi connectivity index (χ3n) is 2.54. The molecule has 0 N–H and O–H groups in total. The van der Waals surface area contributed by atoms with Gasteiger partial charge in [-0.15, -0.1) is 0 Å². The van der Waals surface area contributed by atoms with Crippen molar-refractivity contribution in [1.82, 2.24) is 4.90 Å². The molecule has 0 aromatic rings. The number of hydrogen-bond donors (Lipinski definition) is 0. The van der Waals surface area contributed by atoms with E-state index in [-0.39, 0.29) is 30.8 Å². The fourth-order valence-corrected chi connectivity index (χ4v) is 1.68. The van der Waals surface area contributed by atoms with Crippen molar-refractivity contribution in [3.05, 3.63) is 0 Å². The predicted molar refractivity (Wildman–Crippen MR) is 57.9 cm³/mol. The molecule has 1 atom stereocenters. The van der Waals surface area contributed by atoms with E-state index in [2.05, 4.69) is 0 Å². The Morgan fingerprint density at radius 3 is 2.81 bits per heavy atom. The van der Waals surface area contributed by atoms with Gasteiger partial charge in [-0.05, 0) is 13.8 Å².